The van der Waals surface area contributed by atoms with Crippen LogP contribution in [0.4, 0.5) is 25.1 Å². The average molecular weight is 793 g/mol. The van der Waals surface area contributed by atoms with Crippen LogP contribution < -0.4 is 30.4 Å². The molecule has 0 bridgehead atoms. The minimum absolute atomic E-state index is 0.00463. The molecule has 6 heterocycles. The van der Waals surface area contributed by atoms with Gasteiger partial charge in [-0.25, -0.2) is 13.2 Å². The van der Waals surface area contributed by atoms with Gasteiger partial charge >= 0.3 is 0 Å². The first-order valence-electron chi connectivity index (χ1n) is 17.7. The summed E-state index contributed by atoms with van der Waals surface area (Å²) >= 11 is 5.95. The summed E-state index contributed by atoms with van der Waals surface area (Å²) in [6.45, 7) is 2.58. The molecule has 8 rings (SSSR count). The molecule has 0 amide bonds. The molecule has 56 heavy (non-hydrogen) atoms. The summed E-state index contributed by atoms with van der Waals surface area (Å²) in [5.41, 5.74) is 1.11. The average Bonchev–Trinajstić information content (AvgIpc) is 3.88. The van der Waals surface area contributed by atoms with Crippen molar-refractivity contribution in [1.82, 2.24) is 29.4 Å². The lowest BCUT2D eigenvalue weighted by Crippen LogP contribution is -2.38. The van der Waals surface area contributed by atoms with Crippen molar-refractivity contribution in [1.29, 1.82) is 0 Å². The molecule has 18 heteroatoms. The van der Waals surface area contributed by atoms with Gasteiger partial charge in [0.1, 0.15) is 46.2 Å². The Morgan fingerprint density at radius 1 is 0.679 bits per heavy atom. The minimum atomic E-state index is -0.662. The second-order valence-electron chi connectivity index (χ2n) is 13.3. The van der Waals surface area contributed by atoms with Crippen LogP contribution in [0.5, 0.6) is 11.5 Å². The van der Waals surface area contributed by atoms with E-state index >= 15 is 0 Å². The van der Waals surface area contributed by atoms with E-state index < -0.39 is 17.5 Å². The van der Waals surface area contributed by atoms with Crippen LogP contribution in [0.15, 0.2) is 91.7 Å². The van der Waals surface area contributed by atoms with Crippen LogP contribution in [0, 0.1) is 17.5 Å². The van der Waals surface area contributed by atoms with E-state index in [-0.39, 0.29) is 34.1 Å². The molecule has 0 unspecified atom stereocenters. The number of nitrogens with zero attached hydrogens (tertiary/aromatic N) is 8. The van der Waals surface area contributed by atoms with Gasteiger partial charge in [0.05, 0.1) is 11.1 Å². The molecular weight excluding hydrogens is 757 g/mol. The monoisotopic (exact) mass is 792 g/mol. The molecule has 292 valence electrons. The quantitative estimate of drug-likeness (QED) is 0.177. The predicted octanol–water partition coefficient (Wildman–Crippen LogP) is 6.04. The topological polar surface area (TPSA) is 147 Å². The number of pyridine rings is 2. The van der Waals surface area contributed by atoms with Gasteiger partial charge in [-0.05, 0) is 34.6 Å². The lowest BCUT2D eigenvalue weighted by Gasteiger charge is -2.31. The van der Waals surface area contributed by atoms with Crippen LogP contribution in [0.3, 0.4) is 0 Å². The van der Waals surface area contributed by atoms with Crippen molar-refractivity contribution in [3.05, 3.63) is 116 Å². The molecule has 2 aromatic carbocycles. The van der Waals surface area contributed by atoms with Crippen LogP contribution >= 0.6 is 11.6 Å². The zero-order valence-corrected chi connectivity index (χ0v) is 31.0. The highest BCUT2D eigenvalue weighted by molar-refractivity contribution is 6.32. The van der Waals surface area contributed by atoms with Crippen LogP contribution in [0.2, 0.25) is 5.02 Å². The van der Waals surface area contributed by atoms with Gasteiger partial charge < -0.3 is 37.5 Å². The molecule has 2 aliphatic heterocycles. The fourth-order valence-corrected chi connectivity index (χ4v) is 6.43. The summed E-state index contributed by atoms with van der Waals surface area (Å²) in [5, 5.41) is 8.06. The summed E-state index contributed by atoms with van der Waals surface area (Å²) in [6, 6.07) is 13.9. The van der Waals surface area contributed by atoms with Gasteiger partial charge in [-0.1, -0.05) is 17.7 Å². The molecule has 0 atom stereocenters. The number of aromatic nitrogens is 6. The van der Waals surface area contributed by atoms with Crippen LogP contribution in [-0.2, 0) is 14.1 Å². The van der Waals surface area contributed by atoms with Crippen molar-refractivity contribution in [3.8, 4) is 34.4 Å². The smallest absolute Gasteiger partial charge is 0.266 e. The fraction of sp³-hybridized carbons (Fsp3) is 0.316. The maximum atomic E-state index is 13.5. The summed E-state index contributed by atoms with van der Waals surface area (Å²) in [6.07, 6.45) is 5.83. The van der Waals surface area contributed by atoms with Crippen molar-refractivity contribution in [2.45, 2.75) is 37.9 Å². The normalized spacial score (nSPS) is 15.0. The second kappa shape index (κ2) is 16.7. The third-order valence-corrected chi connectivity index (χ3v) is 9.66. The Hall–Kier alpha value is -6.10. The van der Waals surface area contributed by atoms with E-state index in [1.165, 1.54) is 39.5 Å². The maximum Gasteiger partial charge on any atom is 0.266 e. The number of ether oxygens (including phenoxy) is 2. The maximum absolute atomic E-state index is 13.5. The highest BCUT2D eigenvalue weighted by Crippen LogP contribution is 2.31. The number of piperidine rings is 2. The summed E-state index contributed by atoms with van der Waals surface area (Å²) < 4.78 is 65.2. The van der Waals surface area contributed by atoms with Gasteiger partial charge in [0.25, 0.3) is 23.7 Å². The lowest BCUT2D eigenvalue weighted by atomic mass is 10.1. The third kappa shape index (κ3) is 9.05. The van der Waals surface area contributed by atoms with Gasteiger partial charge in [-0.15, -0.1) is 0 Å². The van der Waals surface area contributed by atoms with Gasteiger partial charge in [0.2, 0.25) is 11.1 Å². The third-order valence-electron chi connectivity index (χ3n) is 9.29. The lowest BCUT2D eigenvalue weighted by molar-refractivity contribution is 0.169. The molecule has 0 saturated carbocycles. The number of rotatable bonds is 8. The number of anilines is 2. The summed E-state index contributed by atoms with van der Waals surface area (Å²) in [7, 11) is 3.32. The van der Waals surface area contributed by atoms with E-state index in [1.807, 2.05) is 9.80 Å². The van der Waals surface area contributed by atoms with Crippen molar-refractivity contribution in [2.75, 3.05) is 36.0 Å². The molecule has 14 nitrogen and oxygen atoms in total. The van der Waals surface area contributed by atoms with Gasteiger partial charge in [-0.2, -0.15) is 9.97 Å². The van der Waals surface area contributed by atoms with E-state index in [9.17, 15) is 22.8 Å². The zero-order valence-electron chi connectivity index (χ0n) is 30.3. The number of halogens is 4. The zero-order chi connectivity index (χ0) is 39.3. The Morgan fingerprint density at radius 2 is 1.16 bits per heavy atom. The summed E-state index contributed by atoms with van der Waals surface area (Å²) in [5.74, 6) is 0.369. The van der Waals surface area contributed by atoms with Crippen molar-refractivity contribution in [3.63, 3.8) is 0 Å². The van der Waals surface area contributed by atoms with E-state index in [1.54, 1.807) is 50.8 Å². The molecule has 2 saturated heterocycles. The first-order valence-corrected chi connectivity index (χ1v) is 18.1. The molecule has 0 radical (unpaired) electrons. The minimum Gasteiger partial charge on any atom is -0.490 e. The van der Waals surface area contributed by atoms with E-state index in [2.05, 4.69) is 20.3 Å². The number of hydrogen-bond donors (Lipinski definition) is 0. The van der Waals surface area contributed by atoms with Crippen LogP contribution in [-0.4, -0.2) is 67.8 Å². The Morgan fingerprint density at radius 3 is 1.64 bits per heavy atom. The van der Waals surface area contributed by atoms with E-state index in [0.29, 0.717) is 79.6 Å². The van der Waals surface area contributed by atoms with Gasteiger partial charge in [0, 0.05) is 109 Å². The van der Waals surface area contributed by atoms with E-state index in [4.69, 9.17) is 30.1 Å². The SMILES string of the molecule is Cn1cc(-c2nc(N3CCC(Oc4cc(F)cc(F)c4)CC3)no2)ccc1=O.Cn1cc(-c2nc(N3CCC(Oc4cccc(F)c4Cl)CC3)no2)ccc1=O. The largest absolute Gasteiger partial charge is 0.490 e. The molecule has 0 aliphatic carbocycles. The molecule has 6 aromatic rings. The van der Waals surface area contributed by atoms with Crippen molar-refractivity contribution >= 4 is 23.5 Å². The van der Waals surface area contributed by atoms with Crippen molar-refractivity contribution in [2.24, 2.45) is 14.1 Å². The highest BCUT2D eigenvalue weighted by atomic mass is 35.5. The fourth-order valence-electron chi connectivity index (χ4n) is 6.25. The number of benzene rings is 2. The molecule has 2 fully saturated rings. The van der Waals surface area contributed by atoms with Crippen molar-refractivity contribution < 1.29 is 31.7 Å². The first kappa shape index (κ1) is 38.2. The Labute approximate surface area is 322 Å². The second-order valence-corrected chi connectivity index (χ2v) is 13.7. The molecule has 0 spiro atoms. The van der Waals surface area contributed by atoms with E-state index in [0.717, 1.165) is 18.9 Å². The number of hydrogen-bond acceptors (Lipinski definition) is 12. The molecule has 0 N–H and O–H groups in total. The van der Waals surface area contributed by atoms with Gasteiger partial charge in [0.15, 0.2) is 0 Å². The van der Waals surface area contributed by atoms with Crippen LogP contribution in [0.25, 0.3) is 22.9 Å². The Bertz CT molecular complexity index is 2400. The highest BCUT2D eigenvalue weighted by Gasteiger charge is 2.26. The molecule has 2 aliphatic rings. The molecule has 4 aromatic heterocycles. The molecular formula is C38H36ClF3N8O6. The number of aryl methyl sites for hydroxylation is 2. The first-order chi connectivity index (χ1) is 27.0. The van der Waals surface area contributed by atoms with Gasteiger partial charge in [-0.3, -0.25) is 9.59 Å². The predicted molar refractivity (Wildman–Crippen MR) is 199 cm³/mol. The van der Waals surface area contributed by atoms with Crippen LogP contribution in [0.1, 0.15) is 25.7 Å². The Balaban J connectivity index is 0.000000172. The standard InChI is InChI=1S/C19H18ClFN4O3.C19H18F2N4O3/c1-24-11-12(5-6-16(24)26)18-22-19(23-28-18)25-9-7-13(8-10-25)27-15-4-2-3-14(21)17(15)20;1-24-11-12(2-3-17(24)26)18-22-19(23-28-18)25-6-4-15(5-7-25)27-16-9-13(20)8-14(21)10-16/h2-6,11,13H,7-10H2,1H3;2-3,8-11,15H,4-7H2,1H3. The summed E-state index contributed by atoms with van der Waals surface area (Å²) in [4.78, 5) is 35.8. The Kier molecular flexibility index (Phi) is 11.4.